The third kappa shape index (κ3) is 3.97. The molecule has 0 aliphatic carbocycles. The Morgan fingerprint density at radius 2 is 1.96 bits per heavy atom. The Labute approximate surface area is 165 Å². The predicted molar refractivity (Wildman–Crippen MR) is 105 cm³/mol. The van der Waals surface area contributed by atoms with Crippen LogP contribution >= 0.6 is 0 Å². The van der Waals surface area contributed by atoms with Gasteiger partial charge in [-0.05, 0) is 43.4 Å². The van der Waals surface area contributed by atoms with E-state index >= 15 is 0 Å². The maximum absolute atomic E-state index is 13.2. The predicted octanol–water partition coefficient (Wildman–Crippen LogP) is 2.21. The molecule has 148 valence electrons. The van der Waals surface area contributed by atoms with Gasteiger partial charge in [-0.25, -0.2) is 8.42 Å². The Bertz CT molecular complexity index is 1010. The fourth-order valence-electron chi connectivity index (χ4n) is 3.08. The Morgan fingerprint density at radius 3 is 2.64 bits per heavy atom. The highest BCUT2D eigenvalue weighted by molar-refractivity contribution is 7.89. The number of hydrogen-bond donors (Lipinski definition) is 0. The van der Waals surface area contributed by atoms with E-state index in [1.807, 2.05) is 25.1 Å². The van der Waals surface area contributed by atoms with Crippen LogP contribution in [0.1, 0.15) is 16.7 Å². The molecular weight excluding hydrogens is 378 g/mol. The first-order chi connectivity index (χ1) is 13.4. The number of sulfonamides is 1. The molecule has 3 rings (SSSR count). The number of nitrogens with zero attached hydrogens (tertiary/aromatic N) is 3. The largest absolute Gasteiger partial charge is 0.493 e. The molecular formula is C20H23N3O4S. The van der Waals surface area contributed by atoms with Crippen molar-refractivity contribution in [1.29, 1.82) is 5.26 Å². The Kier molecular flexibility index (Phi) is 5.89. The van der Waals surface area contributed by atoms with Crippen molar-refractivity contribution in [3.63, 3.8) is 0 Å². The summed E-state index contributed by atoms with van der Waals surface area (Å²) < 4.78 is 38.8. The van der Waals surface area contributed by atoms with Gasteiger partial charge in [0.2, 0.25) is 10.0 Å². The lowest BCUT2D eigenvalue weighted by molar-refractivity contribution is 0.250. The average molecular weight is 401 g/mol. The standard InChI is InChI=1S/C20H23N3O4S/c1-22(2)9-10-27-20-11-17(7-8-19(20)26-3)28(24,25)23-13-16-6-4-5-15(12-21)18(16)14-23/h4-8,11H,9-10,13-14H2,1-3H3. The van der Waals surface area contributed by atoms with E-state index in [-0.39, 0.29) is 18.0 Å². The first-order valence-electron chi connectivity index (χ1n) is 8.83. The molecule has 0 saturated carbocycles. The molecule has 0 unspecified atom stereocenters. The van der Waals surface area contributed by atoms with Crippen LogP contribution in [0.2, 0.25) is 0 Å². The number of rotatable bonds is 7. The average Bonchev–Trinajstić information content (AvgIpc) is 3.12. The molecule has 0 aromatic heterocycles. The van der Waals surface area contributed by atoms with Crippen LogP contribution in [0, 0.1) is 11.3 Å². The molecule has 0 radical (unpaired) electrons. The molecule has 2 aromatic carbocycles. The van der Waals surface area contributed by atoms with E-state index in [0.29, 0.717) is 30.2 Å². The maximum Gasteiger partial charge on any atom is 0.243 e. The lowest BCUT2D eigenvalue weighted by Gasteiger charge is -2.18. The third-order valence-corrected chi connectivity index (χ3v) is 6.43. The molecule has 0 saturated heterocycles. The molecule has 7 nitrogen and oxygen atoms in total. The number of benzene rings is 2. The molecule has 0 bridgehead atoms. The van der Waals surface area contributed by atoms with E-state index in [2.05, 4.69) is 6.07 Å². The van der Waals surface area contributed by atoms with Crippen molar-refractivity contribution in [1.82, 2.24) is 9.21 Å². The molecule has 1 aliphatic heterocycles. The molecule has 8 heteroatoms. The van der Waals surface area contributed by atoms with E-state index in [9.17, 15) is 13.7 Å². The van der Waals surface area contributed by atoms with Crippen molar-refractivity contribution in [2.24, 2.45) is 0 Å². The molecule has 2 aromatic rings. The summed E-state index contributed by atoms with van der Waals surface area (Å²) in [6, 6.07) is 12.1. The van der Waals surface area contributed by atoms with Gasteiger partial charge in [-0.3, -0.25) is 0 Å². The van der Waals surface area contributed by atoms with Crippen molar-refractivity contribution in [2.75, 3.05) is 34.4 Å². The van der Waals surface area contributed by atoms with Crippen LogP contribution in [-0.2, 0) is 23.1 Å². The van der Waals surface area contributed by atoms with Crippen molar-refractivity contribution in [3.8, 4) is 17.6 Å². The summed E-state index contributed by atoms with van der Waals surface area (Å²) in [5.74, 6) is 0.869. The number of likely N-dealkylation sites (N-methyl/N-ethyl adjacent to an activating group) is 1. The Morgan fingerprint density at radius 1 is 1.18 bits per heavy atom. The second kappa shape index (κ2) is 8.19. The number of nitriles is 1. The summed E-state index contributed by atoms with van der Waals surface area (Å²) in [6.07, 6.45) is 0. The van der Waals surface area contributed by atoms with Crippen LogP contribution in [0.15, 0.2) is 41.3 Å². The number of methoxy groups -OCH3 is 1. The van der Waals surface area contributed by atoms with Gasteiger partial charge >= 0.3 is 0 Å². The van der Waals surface area contributed by atoms with Crippen LogP contribution in [-0.4, -0.2) is 52.0 Å². The van der Waals surface area contributed by atoms with Crippen LogP contribution in [0.3, 0.4) is 0 Å². The maximum atomic E-state index is 13.2. The normalized spacial score (nSPS) is 14.0. The topological polar surface area (TPSA) is 82.9 Å². The molecule has 0 atom stereocenters. The summed E-state index contributed by atoms with van der Waals surface area (Å²) >= 11 is 0. The van der Waals surface area contributed by atoms with Gasteiger partial charge in [-0.2, -0.15) is 9.57 Å². The third-order valence-electron chi connectivity index (χ3n) is 4.64. The zero-order valence-corrected chi connectivity index (χ0v) is 17.0. The fraction of sp³-hybridized carbons (Fsp3) is 0.350. The monoisotopic (exact) mass is 401 g/mol. The molecule has 1 aliphatic rings. The number of ether oxygens (including phenoxy) is 2. The molecule has 0 N–H and O–H groups in total. The van der Waals surface area contributed by atoms with Crippen molar-refractivity contribution in [2.45, 2.75) is 18.0 Å². The van der Waals surface area contributed by atoms with Gasteiger partial charge in [0.05, 0.1) is 23.6 Å². The van der Waals surface area contributed by atoms with Crippen LogP contribution < -0.4 is 9.47 Å². The minimum atomic E-state index is -3.74. The van der Waals surface area contributed by atoms with Crippen LogP contribution in [0.4, 0.5) is 0 Å². The molecule has 0 amide bonds. The summed E-state index contributed by atoms with van der Waals surface area (Å²) in [5.41, 5.74) is 2.14. The summed E-state index contributed by atoms with van der Waals surface area (Å²) in [5, 5.41) is 9.27. The smallest absolute Gasteiger partial charge is 0.243 e. The molecule has 0 fully saturated rings. The second-order valence-corrected chi connectivity index (χ2v) is 8.73. The summed E-state index contributed by atoms with van der Waals surface area (Å²) in [6.45, 7) is 1.53. The van der Waals surface area contributed by atoms with E-state index in [0.717, 1.165) is 11.1 Å². The van der Waals surface area contributed by atoms with Crippen LogP contribution in [0.25, 0.3) is 0 Å². The van der Waals surface area contributed by atoms with Gasteiger partial charge in [0, 0.05) is 25.7 Å². The van der Waals surface area contributed by atoms with Crippen LogP contribution in [0.5, 0.6) is 11.5 Å². The van der Waals surface area contributed by atoms with E-state index in [4.69, 9.17) is 9.47 Å². The first-order valence-corrected chi connectivity index (χ1v) is 10.3. The highest BCUT2D eigenvalue weighted by Crippen LogP contribution is 2.34. The zero-order valence-electron chi connectivity index (χ0n) is 16.2. The minimum Gasteiger partial charge on any atom is -0.493 e. The van der Waals surface area contributed by atoms with Gasteiger partial charge in [-0.1, -0.05) is 12.1 Å². The SMILES string of the molecule is COc1ccc(S(=O)(=O)N2Cc3cccc(C#N)c3C2)cc1OCCN(C)C. The Hall–Kier alpha value is -2.60. The minimum absolute atomic E-state index is 0.138. The fourth-order valence-corrected chi connectivity index (χ4v) is 4.49. The molecule has 1 heterocycles. The van der Waals surface area contributed by atoms with Crippen molar-refractivity contribution < 1.29 is 17.9 Å². The zero-order chi connectivity index (χ0) is 20.3. The molecule has 0 spiro atoms. The van der Waals surface area contributed by atoms with E-state index in [1.165, 1.54) is 23.5 Å². The number of hydrogen-bond acceptors (Lipinski definition) is 6. The van der Waals surface area contributed by atoms with E-state index in [1.54, 1.807) is 18.2 Å². The van der Waals surface area contributed by atoms with Gasteiger partial charge in [-0.15, -0.1) is 0 Å². The Balaban J connectivity index is 1.87. The highest BCUT2D eigenvalue weighted by atomic mass is 32.2. The van der Waals surface area contributed by atoms with Crippen molar-refractivity contribution >= 4 is 10.0 Å². The lowest BCUT2D eigenvalue weighted by Crippen LogP contribution is -2.26. The van der Waals surface area contributed by atoms with Gasteiger partial charge in [0.1, 0.15) is 6.61 Å². The quantitative estimate of drug-likeness (QED) is 0.707. The summed E-state index contributed by atoms with van der Waals surface area (Å²) in [7, 11) is 1.64. The van der Waals surface area contributed by atoms with Gasteiger partial charge in [0.15, 0.2) is 11.5 Å². The highest BCUT2D eigenvalue weighted by Gasteiger charge is 2.32. The number of fused-ring (bicyclic) bond motifs is 1. The van der Waals surface area contributed by atoms with Crippen molar-refractivity contribution in [3.05, 3.63) is 53.1 Å². The molecule has 28 heavy (non-hydrogen) atoms. The van der Waals surface area contributed by atoms with Gasteiger partial charge in [0.25, 0.3) is 0 Å². The lowest BCUT2D eigenvalue weighted by atomic mass is 10.1. The summed E-state index contributed by atoms with van der Waals surface area (Å²) in [4.78, 5) is 2.11. The van der Waals surface area contributed by atoms with E-state index < -0.39 is 10.0 Å². The first kappa shape index (κ1) is 20.1. The second-order valence-electron chi connectivity index (χ2n) is 6.79. The van der Waals surface area contributed by atoms with Gasteiger partial charge < -0.3 is 14.4 Å².